The van der Waals surface area contributed by atoms with Crippen molar-refractivity contribution >= 4 is 7.87 Å². The van der Waals surface area contributed by atoms with Gasteiger partial charge >= 0.3 is 7.87 Å². The number of hydrogen-bond donors (Lipinski definition) is 0. The molecule has 3 heterocycles. The van der Waals surface area contributed by atoms with E-state index >= 15 is 0 Å². The summed E-state index contributed by atoms with van der Waals surface area (Å²) in [6.45, 7) is 6.67. The maximum Gasteiger partial charge on any atom is 0.343 e. The highest BCUT2D eigenvalue weighted by Crippen LogP contribution is 2.71. The molecule has 7 heteroatoms. The van der Waals surface area contributed by atoms with Gasteiger partial charge in [-0.1, -0.05) is 0 Å². The molecular formula is C12H24N6P+. The van der Waals surface area contributed by atoms with Gasteiger partial charge in [-0.3, -0.25) is 0 Å². The highest BCUT2D eigenvalue weighted by Gasteiger charge is 2.59. The molecule has 0 spiro atoms. The Labute approximate surface area is 115 Å². The number of hydrogen-bond acceptors (Lipinski definition) is 4. The zero-order valence-electron chi connectivity index (χ0n) is 11.6. The molecule has 3 rings (SSSR count). The van der Waals surface area contributed by atoms with Crippen LogP contribution in [0.2, 0.25) is 0 Å². The van der Waals surface area contributed by atoms with E-state index in [-0.39, 0.29) is 0 Å². The Hall–Kier alpha value is -0.380. The Morgan fingerprint density at radius 3 is 1.26 bits per heavy atom. The smallest absolute Gasteiger partial charge is 0.137 e. The third-order valence-electron chi connectivity index (χ3n) is 4.55. The van der Waals surface area contributed by atoms with Gasteiger partial charge in [-0.25, -0.2) is 0 Å². The van der Waals surface area contributed by atoms with Crippen LogP contribution in [0.4, 0.5) is 0 Å². The molecule has 0 bridgehead atoms. The summed E-state index contributed by atoms with van der Waals surface area (Å²) in [5.41, 5.74) is 9.19. The van der Waals surface area contributed by atoms with Gasteiger partial charge in [0.25, 0.3) is 0 Å². The van der Waals surface area contributed by atoms with Crippen molar-refractivity contribution in [3.05, 3.63) is 10.4 Å². The van der Waals surface area contributed by atoms with Crippen molar-refractivity contribution in [2.45, 2.75) is 38.5 Å². The average Bonchev–Trinajstić information content (AvgIpc) is 3.18. The summed E-state index contributed by atoms with van der Waals surface area (Å²) in [6, 6.07) is 0. The van der Waals surface area contributed by atoms with E-state index in [4.69, 9.17) is 0 Å². The zero-order valence-corrected chi connectivity index (χ0v) is 12.5. The van der Waals surface area contributed by atoms with E-state index in [1.165, 1.54) is 38.5 Å². The van der Waals surface area contributed by atoms with Crippen LogP contribution in [0.15, 0.2) is 4.88 Å². The van der Waals surface area contributed by atoms with E-state index in [0.717, 1.165) is 39.3 Å². The van der Waals surface area contributed by atoms with Crippen LogP contribution < -0.4 is 0 Å². The van der Waals surface area contributed by atoms with Crippen molar-refractivity contribution in [2.75, 3.05) is 39.3 Å². The summed E-state index contributed by atoms with van der Waals surface area (Å²) in [4.78, 5) is 7.76. The summed E-state index contributed by atoms with van der Waals surface area (Å²) in [5, 5.41) is 0. The molecule has 3 aliphatic rings. The largest absolute Gasteiger partial charge is 0.343 e. The van der Waals surface area contributed by atoms with Gasteiger partial charge in [-0.05, 0) is 44.1 Å². The molecule has 0 unspecified atom stereocenters. The lowest BCUT2D eigenvalue weighted by Crippen LogP contribution is -2.41. The van der Waals surface area contributed by atoms with Crippen molar-refractivity contribution in [1.29, 1.82) is 0 Å². The molecule has 3 fully saturated rings. The molecule has 0 amide bonds. The molecule has 0 atom stereocenters. The van der Waals surface area contributed by atoms with E-state index in [1.54, 1.807) is 0 Å². The Morgan fingerprint density at radius 1 is 0.684 bits per heavy atom. The Balaban J connectivity index is 1.95. The van der Waals surface area contributed by atoms with Gasteiger partial charge in [-0.2, -0.15) is 0 Å². The Bertz CT molecular complexity index is 310. The van der Waals surface area contributed by atoms with E-state index < -0.39 is 7.87 Å². The molecule has 0 aromatic heterocycles. The molecule has 3 saturated heterocycles. The van der Waals surface area contributed by atoms with Crippen molar-refractivity contribution in [3.63, 3.8) is 0 Å². The molecule has 0 radical (unpaired) electrons. The number of azide groups is 1. The molecule has 0 N–H and O–H groups in total. The molecular weight excluding hydrogens is 259 g/mol. The summed E-state index contributed by atoms with van der Waals surface area (Å²) in [5.74, 6) is 0. The molecule has 3 aliphatic heterocycles. The standard InChI is InChI=1S/C12H24N6P/c13-14-15-19(16-7-1-2-8-16,17-9-3-4-10-17)18-11-5-6-12-18/h1-12H2/q+1. The van der Waals surface area contributed by atoms with Crippen LogP contribution in [0.3, 0.4) is 0 Å². The molecule has 0 aliphatic carbocycles. The minimum absolute atomic E-state index is 1.11. The molecule has 0 aromatic carbocycles. The fraction of sp³-hybridized carbons (Fsp3) is 1.00. The SMILES string of the molecule is [N-]=[N+]=N[P+](N1CCCC1)(N1CCCC1)N1CCCC1. The normalized spacial score (nSPS) is 26.9. The van der Waals surface area contributed by atoms with Crippen LogP contribution >= 0.6 is 7.87 Å². The van der Waals surface area contributed by atoms with Gasteiger partial charge in [0.1, 0.15) is 4.88 Å². The summed E-state index contributed by atoms with van der Waals surface area (Å²) in [7, 11) is -1.93. The summed E-state index contributed by atoms with van der Waals surface area (Å²) >= 11 is 0. The monoisotopic (exact) mass is 283 g/mol. The fourth-order valence-electron chi connectivity index (χ4n) is 3.67. The van der Waals surface area contributed by atoms with E-state index in [0.29, 0.717) is 0 Å². The second-order valence-electron chi connectivity index (χ2n) is 5.70. The minimum atomic E-state index is -1.93. The van der Waals surface area contributed by atoms with E-state index in [2.05, 4.69) is 23.8 Å². The fourth-order valence-corrected chi connectivity index (χ4v) is 7.64. The van der Waals surface area contributed by atoms with Crippen LogP contribution in [0.1, 0.15) is 38.5 Å². The van der Waals surface area contributed by atoms with Crippen LogP contribution in [0.5, 0.6) is 0 Å². The van der Waals surface area contributed by atoms with Gasteiger partial charge in [0, 0.05) is 44.2 Å². The summed E-state index contributed by atoms with van der Waals surface area (Å²) in [6.07, 6.45) is 7.53. The van der Waals surface area contributed by atoms with Gasteiger partial charge < -0.3 is 0 Å². The second kappa shape index (κ2) is 5.94. The molecule has 0 saturated carbocycles. The lowest BCUT2D eigenvalue weighted by molar-refractivity contribution is 0.372. The molecule has 6 nitrogen and oxygen atoms in total. The third kappa shape index (κ3) is 2.37. The Kier molecular flexibility index (Phi) is 4.25. The highest BCUT2D eigenvalue weighted by atomic mass is 31.2. The molecule has 19 heavy (non-hydrogen) atoms. The average molecular weight is 283 g/mol. The van der Waals surface area contributed by atoms with Gasteiger partial charge in [0.2, 0.25) is 0 Å². The van der Waals surface area contributed by atoms with Crippen molar-refractivity contribution in [1.82, 2.24) is 14.0 Å². The van der Waals surface area contributed by atoms with Crippen LogP contribution in [0.25, 0.3) is 10.4 Å². The first kappa shape index (κ1) is 13.6. The summed E-state index contributed by atoms with van der Waals surface area (Å²) < 4.78 is 7.59. The van der Waals surface area contributed by atoms with Gasteiger partial charge in [0.05, 0.1) is 0 Å². The topological polar surface area (TPSA) is 58.5 Å². The predicted octanol–water partition coefficient (Wildman–Crippen LogP) is 3.26. The molecule has 0 aromatic rings. The third-order valence-corrected chi connectivity index (χ3v) is 8.34. The molecule has 106 valence electrons. The lowest BCUT2D eigenvalue weighted by atomic mass is 10.4. The van der Waals surface area contributed by atoms with Crippen LogP contribution in [0, 0.1) is 0 Å². The first-order valence-corrected chi connectivity index (χ1v) is 9.20. The second-order valence-corrected chi connectivity index (χ2v) is 8.65. The number of nitrogens with zero attached hydrogens (tertiary/aromatic N) is 6. The van der Waals surface area contributed by atoms with Gasteiger partial charge in [0.15, 0.2) is 0 Å². The maximum atomic E-state index is 9.19. The van der Waals surface area contributed by atoms with Crippen molar-refractivity contribution < 1.29 is 0 Å². The van der Waals surface area contributed by atoms with Crippen molar-refractivity contribution in [2.24, 2.45) is 4.88 Å². The highest BCUT2D eigenvalue weighted by molar-refractivity contribution is 7.67. The Morgan fingerprint density at radius 2 is 1.00 bits per heavy atom. The maximum absolute atomic E-state index is 9.19. The minimum Gasteiger partial charge on any atom is -0.137 e. The van der Waals surface area contributed by atoms with Crippen molar-refractivity contribution in [3.8, 4) is 0 Å². The van der Waals surface area contributed by atoms with E-state index in [9.17, 15) is 5.53 Å². The van der Waals surface area contributed by atoms with Gasteiger partial charge in [-0.15, -0.1) is 14.0 Å². The predicted molar refractivity (Wildman–Crippen MR) is 78.5 cm³/mol. The first-order valence-electron chi connectivity index (χ1n) is 7.60. The number of rotatable bonds is 4. The van der Waals surface area contributed by atoms with E-state index in [1.807, 2.05) is 0 Å². The van der Waals surface area contributed by atoms with Crippen LogP contribution in [-0.2, 0) is 0 Å². The van der Waals surface area contributed by atoms with Crippen LogP contribution in [-0.4, -0.2) is 53.3 Å². The first-order chi connectivity index (χ1) is 9.38. The quantitative estimate of drug-likeness (QED) is 0.344. The zero-order chi connectivity index (χ0) is 13.1. The lowest BCUT2D eigenvalue weighted by Gasteiger charge is -2.39.